The van der Waals surface area contributed by atoms with Crippen LogP contribution in [0.2, 0.25) is 0 Å². The van der Waals surface area contributed by atoms with Gasteiger partial charge in [-0.2, -0.15) is 13.2 Å². The highest BCUT2D eigenvalue weighted by molar-refractivity contribution is 5.96. The van der Waals surface area contributed by atoms with Gasteiger partial charge in [-0.3, -0.25) is 9.20 Å². The molecule has 0 aliphatic rings. The lowest BCUT2D eigenvalue weighted by Gasteiger charge is -2.08. The first kappa shape index (κ1) is 16.9. The topological polar surface area (TPSA) is 85.3 Å². The van der Waals surface area contributed by atoms with E-state index in [1.165, 1.54) is 10.5 Å². The van der Waals surface area contributed by atoms with Crippen molar-refractivity contribution in [3.05, 3.63) is 46.7 Å². The van der Waals surface area contributed by atoms with E-state index in [1.54, 1.807) is 6.92 Å². The summed E-state index contributed by atoms with van der Waals surface area (Å²) in [6.45, 7) is 3.36. The Morgan fingerprint density at radius 3 is 2.76 bits per heavy atom. The zero-order valence-electron chi connectivity index (χ0n) is 13.4. The number of pyridine rings is 1. The molecule has 25 heavy (non-hydrogen) atoms. The second kappa shape index (κ2) is 6.19. The summed E-state index contributed by atoms with van der Waals surface area (Å²) in [7, 11) is 0. The first-order chi connectivity index (χ1) is 11.8. The predicted molar refractivity (Wildman–Crippen MR) is 79.8 cm³/mol. The number of carbonyl (C=O) groups is 1. The molecule has 3 heterocycles. The number of fused-ring (bicyclic) bond motifs is 1. The van der Waals surface area contributed by atoms with Gasteiger partial charge in [0.2, 0.25) is 0 Å². The van der Waals surface area contributed by atoms with Crippen LogP contribution in [0.1, 0.15) is 40.1 Å². The lowest BCUT2D eigenvalue weighted by atomic mass is 10.1. The summed E-state index contributed by atoms with van der Waals surface area (Å²) in [5.74, 6) is 0.126. The molecule has 0 aromatic carbocycles. The number of amides is 1. The van der Waals surface area contributed by atoms with E-state index in [-0.39, 0.29) is 18.0 Å². The first-order valence-corrected chi connectivity index (χ1v) is 7.45. The van der Waals surface area contributed by atoms with Crippen LogP contribution in [0.25, 0.3) is 5.65 Å². The first-order valence-electron chi connectivity index (χ1n) is 7.45. The molecule has 0 aliphatic heterocycles. The molecule has 1 amide bonds. The average Bonchev–Trinajstić information content (AvgIpc) is 3.14. The van der Waals surface area contributed by atoms with Crippen molar-refractivity contribution in [2.24, 2.45) is 0 Å². The Labute approximate surface area is 139 Å². The zero-order valence-corrected chi connectivity index (χ0v) is 13.4. The number of nitrogens with one attached hydrogen (secondary N) is 1. The zero-order chi connectivity index (χ0) is 18.2. The molecule has 0 aliphatic carbocycles. The Morgan fingerprint density at radius 1 is 1.32 bits per heavy atom. The summed E-state index contributed by atoms with van der Waals surface area (Å²) in [6.07, 6.45) is -3.06. The van der Waals surface area contributed by atoms with Crippen molar-refractivity contribution >= 4 is 11.6 Å². The van der Waals surface area contributed by atoms with E-state index in [0.29, 0.717) is 23.4 Å². The summed E-state index contributed by atoms with van der Waals surface area (Å²) in [6, 6.07) is 2.15. The summed E-state index contributed by atoms with van der Waals surface area (Å²) in [4.78, 5) is 12.3. The van der Waals surface area contributed by atoms with Crippen LogP contribution in [0.15, 0.2) is 22.9 Å². The fraction of sp³-hybridized carbons (Fsp3) is 0.333. The van der Waals surface area contributed by atoms with Crippen LogP contribution >= 0.6 is 0 Å². The highest BCUT2D eigenvalue weighted by Gasteiger charge is 2.31. The predicted octanol–water partition coefficient (Wildman–Crippen LogP) is 2.54. The third kappa shape index (κ3) is 3.19. The van der Waals surface area contributed by atoms with Gasteiger partial charge in [-0.05, 0) is 25.5 Å². The van der Waals surface area contributed by atoms with Crippen LogP contribution in [-0.4, -0.2) is 25.7 Å². The summed E-state index contributed by atoms with van der Waals surface area (Å²) < 4.78 is 44.7. The van der Waals surface area contributed by atoms with Gasteiger partial charge in [-0.25, -0.2) is 0 Å². The molecule has 1 N–H and O–H groups in total. The molecule has 0 bridgehead atoms. The van der Waals surface area contributed by atoms with Crippen LogP contribution in [0.4, 0.5) is 13.2 Å². The summed E-state index contributed by atoms with van der Waals surface area (Å²) in [5, 5.41) is 14.0. The molecule has 0 saturated carbocycles. The molecule has 10 heteroatoms. The van der Waals surface area contributed by atoms with Crippen LogP contribution in [-0.2, 0) is 19.1 Å². The minimum absolute atomic E-state index is 0.0882. The normalized spacial score (nSPS) is 11.9. The Balaban J connectivity index is 1.83. The molecule has 0 atom stereocenters. The number of hydrogen-bond acceptors (Lipinski definition) is 5. The minimum Gasteiger partial charge on any atom is -0.361 e. The molecular weight excluding hydrogens is 339 g/mol. The molecule has 0 radical (unpaired) electrons. The highest BCUT2D eigenvalue weighted by atomic mass is 19.4. The molecule has 0 unspecified atom stereocenters. The van der Waals surface area contributed by atoms with Gasteiger partial charge in [0.1, 0.15) is 11.3 Å². The highest BCUT2D eigenvalue weighted by Crippen LogP contribution is 2.29. The Kier molecular flexibility index (Phi) is 4.19. The van der Waals surface area contributed by atoms with E-state index in [9.17, 15) is 18.0 Å². The van der Waals surface area contributed by atoms with Crippen LogP contribution < -0.4 is 5.32 Å². The third-order valence-corrected chi connectivity index (χ3v) is 3.70. The van der Waals surface area contributed by atoms with E-state index >= 15 is 0 Å². The maximum Gasteiger partial charge on any atom is 0.417 e. The molecule has 0 saturated heterocycles. The van der Waals surface area contributed by atoms with Crippen molar-refractivity contribution in [3.63, 3.8) is 0 Å². The maximum absolute atomic E-state index is 12.8. The number of nitrogens with zero attached hydrogens (tertiary/aromatic N) is 4. The largest absolute Gasteiger partial charge is 0.417 e. The molecule has 3 rings (SSSR count). The van der Waals surface area contributed by atoms with Gasteiger partial charge in [0.15, 0.2) is 11.5 Å². The molecule has 7 nitrogen and oxygen atoms in total. The quantitative estimate of drug-likeness (QED) is 0.779. The fourth-order valence-electron chi connectivity index (χ4n) is 2.42. The molecule has 0 spiro atoms. The molecule has 3 aromatic heterocycles. The van der Waals surface area contributed by atoms with E-state index in [2.05, 4.69) is 20.7 Å². The van der Waals surface area contributed by atoms with Gasteiger partial charge < -0.3 is 9.84 Å². The van der Waals surface area contributed by atoms with Crippen molar-refractivity contribution in [1.29, 1.82) is 0 Å². The number of aryl methyl sites for hydroxylation is 2. The van der Waals surface area contributed by atoms with E-state index in [1.807, 2.05) is 6.92 Å². The van der Waals surface area contributed by atoms with Gasteiger partial charge in [0.25, 0.3) is 5.91 Å². The number of hydrogen-bond donors (Lipinski definition) is 1. The summed E-state index contributed by atoms with van der Waals surface area (Å²) in [5.41, 5.74) is 0.274. The van der Waals surface area contributed by atoms with Crippen molar-refractivity contribution in [3.8, 4) is 0 Å². The Bertz CT molecular complexity index is 929. The molecule has 3 aromatic rings. The van der Waals surface area contributed by atoms with Gasteiger partial charge in [-0.15, -0.1) is 10.2 Å². The average molecular weight is 353 g/mol. The van der Waals surface area contributed by atoms with Crippen LogP contribution in [0.3, 0.4) is 0 Å². The Morgan fingerprint density at radius 2 is 2.08 bits per heavy atom. The summed E-state index contributed by atoms with van der Waals surface area (Å²) >= 11 is 0. The second-order valence-electron chi connectivity index (χ2n) is 5.36. The van der Waals surface area contributed by atoms with E-state index < -0.39 is 17.6 Å². The van der Waals surface area contributed by atoms with Gasteiger partial charge in [-0.1, -0.05) is 12.1 Å². The van der Waals surface area contributed by atoms with Gasteiger partial charge >= 0.3 is 6.18 Å². The van der Waals surface area contributed by atoms with Gasteiger partial charge in [0, 0.05) is 6.20 Å². The van der Waals surface area contributed by atoms with E-state index in [4.69, 9.17) is 4.52 Å². The number of rotatable bonds is 4. The monoisotopic (exact) mass is 353 g/mol. The third-order valence-electron chi connectivity index (χ3n) is 3.70. The minimum atomic E-state index is -4.48. The van der Waals surface area contributed by atoms with Crippen molar-refractivity contribution in [1.82, 2.24) is 25.1 Å². The van der Waals surface area contributed by atoms with Crippen molar-refractivity contribution in [2.45, 2.75) is 33.0 Å². The number of alkyl halides is 3. The van der Waals surface area contributed by atoms with Crippen LogP contribution in [0, 0.1) is 6.92 Å². The Hall–Kier alpha value is -2.91. The molecule has 0 fully saturated rings. The number of aromatic nitrogens is 4. The second-order valence-corrected chi connectivity index (χ2v) is 5.36. The molecular formula is C15H14F3N5O2. The number of carbonyl (C=O) groups excluding carboxylic acids is 1. The van der Waals surface area contributed by atoms with Crippen LogP contribution in [0.5, 0.6) is 0 Å². The number of halogens is 3. The maximum atomic E-state index is 12.8. The van der Waals surface area contributed by atoms with Crippen molar-refractivity contribution < 1.29 is 22.5 Å². The van der Waals surface area contributed by atoms with Gasteiger partial charge in [0.05, 0.1) is 17.8 Å². The smallest absolute Gasteiger partial charge is 0.361 e. The van der Waals surface area contributed by atoms with Crippen molar-refractivity contribution in [2.75, 3.05) is 0 Å². The fourth-order valence-corrected chi connectivity index (χ4v) is 2.42. The standard InChI is InChI=1S/C15H14F3N5O2/c1-3-10-13(8(2)25-22-10)14(24)19-6-12-21-20-11-5-4-9(7-23(11)12)15(16,17)18/h4-5,7H,3,6H2,1-2H3,(H,19,24). The molecule has 132 valence electrons. The van der Waals surface area contributed by atoms with E-state index in [0.717, 1.165) is 12.3 Å². The lowest BCUT2D eigenvalue weighted by molar-refractivity contribution is -0.137. The lowest BCUT2D eigenvalue weighted by Crippen LogP contribution is -2.25. The SMILES string of the molecule is CCc1noc(C)c1C(=O)NCc1nnc2ccc(C(F)(F)F)cn12.